The second-order valence-corrected chi connectivity index (χ2v) is 3.44. The van der Waals surface area contributed by atoms with Crippen molar-refractivity contribution in [3.8, 4) is 23.3 Å². The van der Waals surface area contributed by atoms with Crippen LogP contribution in [0, 0.1) is 11.8 Å². The molecule has 5 heteroatoms. The molecule has 0 spiro atoms. The molecule has 0 amide bonds. The lowest BCUT2D eigenvalue weighted by Crippen LogP contribution is -2.00. The van der Waals surface area contributed by atoms with Gasteiger partial charge < -0.3 is 14.6 Å². The normalized spacial score (nSPS) is 9.16. The van der Waals surface area contributed by atoms with Crippen molar-refractivity contribution in [1.29, 1.82) is 0 Å². The van der Waals surface area contributed by atoms with Crippen LogP contribution in [-0.2, 0) is 9.53 Å². The van der Waals surface area contributed by atoms with Crippen LogP contribution < -0.4 is 4.74 Å². The van der Waals surface area contributed by atoms with Crippen LogP contribution in [0.5, 0.6) is 11.5 Å². The predicted octanol–water partition coefficient (Wildman–Crippen LogP) is 1.52. The van der Waals surface area contributed by atoms with Crippen LogP contribution in [0.2, 0.25) is 0 Å². The predicted molar refractivity (Wildman–Crippen MR) is 68.2 cm³/mol. The minimum atomic E-state index is -0.698. The lowest BCUT2D eigenvalue weighted by molar-refractivity contribution is -0.136. The molecule has 1 aromatic rings. The van der Waals surface area contributed by atoms with E-state index in [9.17, 15) is 14.7 Å². The number of ether oxygens (including phenoxy) is 2. The first-order chi connectivity index (χ1) is 9.12. The highest BCUT2D eigenvalue weighted by Gasteiger charge is 2.09. The highest BCUT2D eigenvalue weighted by atomic mass is 16.5. The van der Waals surface area contributed by atoms with Crippen LogP contribution in [0.3, 0.4) is 0 Å². The summed E-state index contributed by atoms with van der Waals surface area (Å²) in [6, 6.07) is 2.78. The molecule has 0 atom stereocenters. The zero-order chi connectivity index (χ0) is 14.3. The number of benzene rings is 1. The molecule has 0 aliphatic rings. The molecule has 1 rings (SSSR count). The Hall–Kier alpha value is -2.48. The zero-order valence-electron chi connectivity index (χ0n) is 10.7. The molecule has 100 valence electrons. The Balaban J connectivity index is 3.15. The summed E-state index contributed by atoms with van der Waals surface area (Å²) in [5.41, 5.74) is 0.440. The van der Waals surface area contributed by atoms with Gasteiger partial charge in [0.15, 0.2) is 11.5 Å². The van der Waals surface area contributed by atoms with Crippen LogP contribution in [0.1, 0.15) is 29.8 Å². The van der Waals surface area contributed by atoms with Gasteiger partial charge in [-0.05, 0) is 26.0 Å². The first kappa shape index (κ1) is 14.6. The van der Waals surface area contributed by atoms with E-state index in [1.165, 1.54) is 12.1 Å². The van der Waals surface area contributed by atoms with Gasteiger partial charge in [-0.1, -0.05) is 5.92 Å². The minimum Gasteiger partial charge on any atom is -0.503 e. The summed E-state index contributed by atoms with van der Waals surface area (Å²) in [4.78, 5) is 21.9. The number of phenolic OH excluding ortho intramolecular Hbond substituents is 1. The third-order valence-electron chi connectivity index (χ3n) is 2.11. The molecular formula is C14H14O5. The maximum Gasteiger partial charge on any atom is 0.384 e. The van der Waals surface area contributed by atoms with Gasteiger partial charge in [0.2, 0.25) is 0 Å². The van der Waals surface area contributed by atoms with Crippen molar-refractivity contribution in [2.24, 2.45) is 0 Å². The van der Waals surface area contributed by atoms with Gasteiger partial charge in [0.25, 0.3) is 0 Å². The molecule has 0 saturated heterocycles. The number of hydrogen-bond donors (Lipinski definition) is 1. The molecule has 0 bridgehead atoms. The molecule has 0 fully saturated rings. The van der Waals surface area contributed by atoms with E-state index in [1.807, 2.05) is 0 Å². The lowest BCUT2D eigenvalue weighted by atomic mass is 10.1. The van der Waals surface area contributed by atoms with E-state index < -0.39 is 5.97 Å². The third-order valence-corrected chi connectivity index (χ3v) is 2.11. The standard InChI is InChI=1S/C14H14O5/c1-3-18-12-8-10(9-15)7-11(14(12)17)5-6-13(16)19-4-2/h7-9,17H,3-4H2,1-2H3. The summed E-state index contributed by atoms with van der Waals surface area (Å²) in [6.07, 6.45) is 0.609. The Labute approximate surface area is 111 Å². The summed E-state index contributed by atoms with van der Waals surface area (Å²) < 4.78 is 9.82. The van der Waals surface area contributed by atoms with Crippen molar-refractivity contribution in [3.05, 3.63) is 23.3 Å². The Kier molecular flexibility index (Phi) is 5.42. The van der Waals surface area contributed by atoms with Gasteiger partial charge in [-0.15, -0.1) is 0 Å². The quantitative estimate of drug-likeness (QED) is 0.506. The number of aromatic hydroxyl groups is 1. The lowest BCUT2D eigenvalue weighted by Gasteiger charge is -2.07. The van der Waals surface area contributed by atoms with Gasteiger partial charge >= 0.3 is 5.97 Å². The minimum absolute atomic E-state index is 0.140. The smallest absolute Gasteiger partial charge is 0.384 e. The molecule has 0 heterocycles. The Bertz CT molecular complexity index is 537. The van der Waals surface area contributed by atoms with E-state index in [4.69, 9.17) is 4.74 Å². The zero-order valence-corrected chi connectivity index (χ0v) is 10.7. The van der Waals surface area contributed by atoms with Gasteiger partial charge in [-0.2, -0.15) is 0 Å². The summed E-state index contributed by atoms with van der Waals surface area (Å²) >= 11 is 0. The van der Waals surface area contributed by atoms with Gasteiger partial charge in [0.05, 0.1) is 18.8 Å². The van der Waals surface area contributed by atoms with Crippen molar-refractivity contribution >= 4 is 12.3 Å². The fraction of sp³-hybridized carbons (Fsp3) is 0.286. The van der Waals surface area contributed by atoms with Gasteiger partial charge in [-0.3, -0.25) is 4.79 Å². The number of carbonyl (C=O) groups excluding carboxylic acids is 2. The second kappa shape index (κ2) is 7.07. The fourth-order valence-electron chi connectivity index (χ4n) is 1.34. The summed E-state index contributed by atoms with van der Waals surface area (Å²) in [6.45, 7) is 3.97. The SMILES string of the molecule is CCOC(=O)C#Cc1cc(C=O)cc(OCC)c1O. The average molecular weight is 262 g/mol. The number of aldehydes is 1. The number of carbonyl (C=O) groups is 2. The molecule has 0 aliphatic heterocycles. The van der Waals surface area contributed by atoms with E-state index >= 15 is 0 Å². The third kappa shape index (κ3) is 4.03. The van der Waals surface area contributed by atoms with E-state index in [1.54, 1.807) is 13.8 Å². The highest BCUT2D eigenvalue weighted by molar-refractivity contribution is 5.89. The van der Waals surface area contributed by atoms with E-state index in [0.29, 0.717) is 18.5 Å². The maximum absolute atomic E-state index is 11.1. The molecular weight excluding hydrogens is 248 g/mol. The number of phenols is 1. The van der Waals surface area contributed by atoms with E-state index in [0.717, 1.165) is 0 Å². The first-order valence-electron chi connectivity index (χ1n) is 5.76. The highest BCUT2D eigenvalue weighted by Crippen LogP contribution is 2.30. The van der Waals surface area contributed by atoms with E-state index in [-0.39, 0.29) is 23.7 Å². The molecule has 0 aromatic heterocycles. The molecule has 5 nitrogen and oxygen atoms in total. The molecule has 1 aromatic carbocycles. The molecule has 1 N–H and O–H groups in total. The number of esters is 1. The summed E-state index contributed by atoms with van der Waals surface area (Å²) in [7, 11) is 0. The van der Waals surface area contributed by atoms with E-state index in [2.05, 4.69) is 16.6 Å². The molecule has 0 aliphatic carbocycles. The van der Waals surface area contributed by atoms with Gasteiger partial charge in [0, 0.05) is 11.5 Å². The second-order valence-electron chi connectivity index (χ2n) is 3.44. The molecule has 0 saturated carbocycles. The molecule has 0 radical (unpaired) electrons. The number of hydrogen-bond acceptors (Lipinski definition) is 5. The largest absolute Gasteiger partial charge is 0.503 e. The monoisotopic (exact) mass is 262 g/mol. The van der Waals surface area contributed by atoms with Gasteiger partial charge in [-0.25, -0.2) is 4.79 Å². The van der Waals surface area contributed by atoms with Crippen molar-refractivity contribution in [1.82, 2.24) is 0 Å². The van der Waals surface area contributed by atoms with Crippen LogP contribution in [0.4, 0.5) is 0 Å². The number of rotatable bonds is 4. The Morgan fingerprint density at radius 3 is 2.68 bits per heavy atom. The summed E-state index contributed by atoms with van der Waals surface area (Å²) in [5.74, 6) is 3.93. The summed E-state index contributed by atoms with van der Waals surface area (Å²) in [5, 5.41) is 9.89. The molecule has 0 unspecified atom stereocenters. The Morgan fingerprint density at radius 1 is 1.37 bits per heavy atom. The van der Waals surface area contributed by atoms with Crippen molar-refractivity contribution in [2.45, 2.75) is 13.8 Å². The fourth-order valence-corrected chi connectivity index (χ4v) is 1.34. The van der Waals surface area contributed by atoms with Gasteiger partial charge in [0.1, 0.15) is 6.29 Å². The van der Waals surface area contributed by atoms with Crippen molar-refractivity contribution in [3.63, 3.8) is 0 Å². The van der Waals surface area contributed by atoms with Crippen LogP contribution in [-0.4, -0.2) is 30.6 Å². The first-order valence-corrected chi connectivity index (χ1v) is 5.76. The maximum atomic E-state index is 11.1. The Morgan fingerprint density at radius 2 is 2.11 bits per heavy atom. The molecule has 19 heavy (non-hydrogen) atoms. The van der Waals surface area contributed by atoms with Crippen LogP contribution >= 0.6 is 0 Å². The topological polar surface area (TPSA) is 72.8 Å². The average Bonchev–Trinajstić information content (AvgIpc) is 2.40. The van der Waals surface area contributed by atoms with Crippen molar-refractivity contribution in [2.75, 3.05) is 13.2 Å². The van der Waals surface area contributed by atoms with Crippen LogP contribution in [0.25, 0.3) is 0 Å². The van der Waals surface area contributed by atoms with Crippen molar-refractivity contribution < 1.29 is 24.2 Å². The van der Waals surface area contributed by atoms with Crippen LogP contribution in [0.15, 0.2) is 12.1 Å².